The molecule has 2 aromatic rings. The third-order valence-electron chi connectivity index (χ3n) is 2.62. The Morgan fingerprint density at radius 1 is 1.18 bits per heavy atom. The van der Waals surface area contributed by atoms with Crippen molar-refractivity contribution in [3.8, 4) is 0 Å². The second kappa shape index (κ2) is 5.75. The van der Waals surface area contributed by atoms with Crippen LogP contribution >= 0.6 is 11.3 Å². The van der Waals surface area contributed by atoms with Crippen molar-refractivity contribution in [3.63, 3.8) is 0 Å². The van der Waals surface area contributed by atoms with Crippen molar-refractivity contribution in [2.24, 2.45) is 0 Å². The van der Waals surface area contributed by atoms with Gasteiger partial charge in [-0.05, 0) is 23.4 Å². The van der Waals surface area contributed by atoms with E-state index in [0.29, 0.717) is 18.4 Å². The summed E-state index contributed by atoms with van der Waals surface area (Å²) in [4.78, 5) is 13.0. The fourth-order valence-electron chi connectivity index (χ4n) is 1.66. The standard InChI is InChI=1S/C14H14O2S/c15-13(9-8-12-7-4-10-17-12)14(16)11-5-2-1-3-6-11/h1-7,10,14,16H,8-9H2. The van der Waals surface area contributed by atoms with E-state index in [0.717, 1.165) is 0 Å². The molecule has 1 unspecified atom stereocenters. The van der Waals surface area contributed by atoms with E-state index in [1.165, 1.54) is 4.88 Å². The molecule has 0 aliphatic carbocycles. The Morgan fingerprint density at radius 3 is 2.59 bits per heavy atom. The quantitative estimate of drug-likeness (QED) is 0.880. The minimum atomic E-state index is -0.990. The van der Waals surface area contributed by atoms with E-state index in [-0.39, 0.29) is 5.78 Å². The topological polar surface area (TPSA) is 37.3 Å². The van der Waals surface area contributed by atoms with Crippen LogP contribution in [-0.2, 0) is 11.2 Å². The molecule has 0 bridgehead atoms. The fourth-order valence-corrected chi connectivity index (χ4v) is 2.37. The zero-order chi connectivity index (χ0) is 12.1. The lowest BCUT2D eigenvalue weighted by molar-refractivity contribution is -0.127. The summed E-state index contributed by atoms with van der Waals surface area (Å²) in [5, 5.41) is 11.9. The van der Waals surface area contributed by atoms with Crippen LogP contribution in [0, 0.1) is 0 Å². The van der Waals surface area contributed by atoms with Gasteiger partial charge in [-0.25, -0.2) is 0 Å². The molecule has 2 rings (SSSR count). The number of rotatable bonds is 5. The molecule has 1 aromatic carbocycles. The van der Waals surface area contributed by atoms with Crippen LogP contribution in [0.4, 0.5) is 0 Å². The van der Waals surface area contributed by atoms with Gasteiger partial charge in [0.25, 0.3) is 0 Å². The van der Waals surface area contributed by atoms with Crippen LogP contribution in [0.3, 0.4) is 0 Å². The highest BCUT2D eigenvalue weighted by molar-refractivity contribution is 7.09. The van der Waals surface area contributed by atoms with Crippen molar-refractivity contribution in [3.05, 3.63) is 58.3 Å². The molecule has 0 fully saturated rings. The van der Waals surface area contributed by atoms with E-state index in [9.17, 15) is 9.90 Å². The normalized spacial score (nSPS) is 12.3. The van der Waals surface area contributed by atoms with Gasteiger partial charge in [-0.2, -0.15) is 0 Å². The van der Waals surface area contributed by atoms with Crippen LogP contribution < -0.4 is 0 Å². The highest BCUT2D eigenvalue weighted by Crippen LogP contribution is 2.17. The molecule has 3 heteroatoms. The van der Waals surface area contributed by atoms with E-state index in [4.69, 9.17) is 0 Å². The van der Waals surface area contributed by atoms with Gasteiger partial charge in [0, 0.05) is 11.3 Å². The number of hydrogen-bond donors (Lipinski definition) is 1. The molecular weight excluding hydrogens is 232 g/mol. The molecule has 1 heterocycles. The lowest BCUT2D eigenvalue weighted by atomic mass is 10.0. The largest absolute Gasteiger partial charge is 0.381 e. The zero-order valence-corrected chi connectivity index (χ0v) is 10.2. The molecule has 0 radical (unpaired) electrons. The summed E-state index contributed by atoms with van der Waals surface area (Å²) in [5.41, 5.74) is 0.670. The fraction of sp³-hybridized carbons (Fsp3) is 0.214. The minimum Gasteiger partial charge on any atom is -0.381 e. The van der Waals surface area contributed by atoms with Crippen molar-refractivity contribution < 1.29 is 9.90 Å². The second-order valence-corrected chi connectivity index (χ2v) is 4.89. The van der Waals surface area contributed by atoms with Gasteiger partial charge >= 0.3 is 0 Å². The predicted molar refractivity (Wildman–Crippen MR) is 69.0 cm³/mol. The number of aliphatic hydroxyl groups is 1. The van der Waals surface area contributed by atoms with Crippen molar-refractivity contribution in [2.75, 3.05) is 0 Å². The van der Waals surface area contributed by atoms with Crippen LogP contribution in [0.1, 0.15) is 23.0 Å². The molecule has 0 spiro atoms. The van der Waals surface area contributed by atoms with Crippen LogP contribution in [0.25, 0.3) is 0 Å². The Morgan fingerprint density at radius 2 is 1.94 bits per heavy atom. The first kappa shape index (κ1) is 12.0. The summed E-state index contributed by atoms with van der Waals surface area (Å²) in [7, 11) is 0. The van der Waals surface area contributed by atoms with Gasteiger partial charge in [0.1, 0.15) is 6.10 Å². The van der Waals surface area contributed by atoms with E-state index in [1.54, 1.807) is 23.5 Å². The number of Topliss-reactive ketones (excluding diaryl/α,β-unsaturated/α-hetero) is 1. The van der Waals surface area contributed by atoms with Gasteiger partial charge in [-0.3, -0.25) is 4.79 Å². The molecule has 2 nitrogen and oxygen atoms in total. The van der Waals surface area contributed by atoms with Crippen LogP contribution in [0.15, 0.2) is 47.8 Å². The molecular formula is C14H14O2S. The van der Waals surface area contributed by atoms with E-state index < -0.39 is 6.10 Å². The lowest BCUT2D eigenvalue weighted by Gasteiger charge is -2.09. The smallest absolute Gasteiger partial charge is 0.166 e. The molecule has 0 saturated carbocycles. The molecule has 0 amide bonds. The number of carbonyl (C=O) groups excluding carboxylic acids is 1. The van der Waals surface area contributed by atoms with Gasteiger partial charge < -0.3 is 5.11 Å². The Hall–Kier alpha value is -1.45. The monoisotopic (exact) mass is 246 g/mol. The van der Waals surface area contributed by atoms with E-state index in [1.807, 2.05) is 35.7 Å². The summed E-state index contributed by atoms with van der Waals surface area (Å²) >= 11 is 1.64. The van der Waals surface area contributed by atoms with Crippen LogP contribution in [-0.4, -0.2) is 10.9 Å². The van der Waals surface area contributed by atoms with Crippen molar-refractivity contribution in [2.45, 2.75) is 18.9 Å². The number of aliphatic hydroxyl groups excluding tert-OH is 1. The van der Waals surface area contributed by atoms with Crippen molar-refractivity contribution >= 4 is 17.1 Å². The molecule has 0 saturated heterocycles. The number of carbonyl (C=O) groups is 1. The summed E-state index contributed by atoms with van der Waals surface area (Å²) in [6.07, 6.45) is 0.105. The first-order valence-corrected chi connectivity index (χ1v) is 6.43. The average molecular weight is 246 g/mol. The van der Waals surface area contributed by atoms with Crippen LogP contribution in [0.2, 0.25) is 0 Å². The van der Waals surface area contributed by atoms with Gasteiger partial charge in [0.15, 0.2) is 5.78 Å². The molecule has 1 N–H and O–H groups in total. The summed E-state index contributed by atoms with van der Waals surface area (Å²) in [5.74, 6) is -0.121. The van der Waals surface area contributed by atoms with Crippen molar-refractivity contribution in [1.82, 2.24) is 0 Å². The zero-order valence-electron chi connectivity index (χ0n) is 9.37. The predicted octanol–water partition coefficient (Wildman–Crippen LogP) is 2.98. The molecule has 17 heavy (non-hydrogen) atoms. The summed E-state index contributed by atoms with van der Waals surface area (Å²) < 4.78 is 0. The highest BCUT2D eigenvalue weighted by Gasteiger charge is 2.16. The maximum Gasteiger partial charge on any atom is 0.166 e. The number of benzene rings is 1. The third kappa shape index (κ3) is 3.25. The van der Waals surface area contributed by atoms with E-state index >= 15 is 0 Å². The van der Waals surface area contributed by atoms with Gasteiger partial charge in [-0.15, -0.1) is 11.3 Å². The maximum absolute atomic E-state index is 11.8. The summed E-state index contributed by atoms with van der Waals surface area (Å²) in [6, 6.07) is 13.0. The Bertz CT molecular complexity index is 462. The number of aryl methyl sites for hydroxylation is 1. The molecule has 1 atom stereocenters. The Kier molecular flexibility index (Phi) is 4.07. The van der Waals surface area contributed by atoms with Crippen LogP contribution in [0.5, 0.6) is 0 Å². The molecule has 88 valence electrons. The van der Waals surface area contributed by atoms with E-state index in [2.05, 4.69) is 0 Å². The minimum absolute atomic E-state index is 0.121. The lowest BCUT2D eigenvalue weighted by Crippen LogP contribution is -2.12. The summed E-state index contributed by atoms with van der Waals surface area (Å²) in [6.45, 7) is 0. The second-order valence-electron chi connectivity index (χ2n) is 3.86. The Balaban J connectivity index is 1.92. The van der Waals surface area contributed by atoms with Gasteiger partial charge in [0.2, 0.25) is 0 Å². The SMILES string of the molecule is O=C(CCc1cccs1)C(O)c1ccccc1. The average Bonchev–Trinajstić information content (AvgIpc) is 2.89. The van der Waals surface area contributed by atoms with Gasteiger partial charge in [-0.1, -0.05) is 36.4 Å². The Labute approximate surface area is 105 Å². The molecule has 0 aliphatic heterocycles. The number of ketones is 1. The first-order chi connectivity index (χ1) is 8.27. The van der Waals surface area contributed by atoms with Gasteiger partial charge in [0.05, 0.1) is 0 Å². The number of thiophene rings is 1. The molecule has 1 aromatic heterocycles. The third-order valence-corrected chi connectivity index (χ3v) is 3.55. The van der Waals surface area contributed by atoms with Crippen molar-refractivity contribution in [1.29, 1.82) is 0 Å². The highest BCUT2D eigenvalue weighted by atomic mass is 32.1. The maximum atomic E-state index is 11.8. The first-order valence-electron chi connectivity index (χ1n) is 5.55. The number of hydrogen-bond acceptors (Lipinski definition) is 3. The molecule has 0 aliphatic rings.